The predicted octanol–water partition coefficient (Wildman–Crippen LogP) is -0.602. The Morgan fingerprint density at radius 2 is 2.10 bits per heavy atom. The number of amides is 3. The number of rotatable bonds is 4. The molecule has 2 rings (SSSR count). The van der Waals surface area contributed by atoms with E-state index in [-0.39, 0.29) is 19.1 Å². The van der Waals surface area contributed by atoms with Gasteiger partial charge in [-0.3, -0.25) is 9.59 Å². The third kappa shape index (κ3) is 3.10. The van der Waals surface area contributed by atoms with Crippen molar-refractivity contribution in [2.75, 3.05) is 33.4 Å². The summed E-state index contributed by atoms with van der Waals surface area (Å²) in [4.78, 5) is 36.6. The van der Waals surface area contributed by atoms with Gasteiger partial charge >= 0.3 is 12.0 Å². The topological polar surface area (TPSA) is 108 Å². The average Bonchev–Trinajstić information content (AvgIpc) is 2.44. The van der Waals surface area contributed by atoms with Crippen LogP contribution in [0.4, 0.5) is 4.79 Å². The first kappa shape index (κ1) is 15.6. The molecule has 2 fully saturated rings. The van der Waals surface area contributed by atoms with Gasteiger partial charge < -0.3 is 25.4 Å². The molecule has 0 aromatic rings. The maximum atomic E-state index is 12.2. The lowest BCUT2D eigenvalue weighted by Crippen LogP contribution is -2.59. The first-order valence-corrected chi connectivity index (χ1v) is 7.07. The van der Waals surface area contributed by atoms with Gasteiger partial charge in [0.25, 0.3) is 0 Å². The second-order valence-electron chi connectivity index (χ2n) is 5.50. The zero-order chi connectivity index (χ0) is 15.5. The van der Waals surface area contributed by atoms with Crippen molar-refractivity contribution < 1.29 is 24.2 Å². The molecule has 0 aromatic heterocycles. The van der Waals surface area contributed by atoms with Crippen LogP contribution in [-0.2, 0) is 14.3 Å². The van der Waals surface area contributed by atoms with Crippen LogP contribution in [0.3, 0.4) is 0 Å². The van der Waals surface area contributed by atoms with Crippen LogP contribution in [0.15, 0.2) is 0 Å². The van der Waals surface area contributed by atoms with Crippen molar-refractivity contribution in [1.29, 1.82) is 0 Å². The van der Waals surface area contributed by atoms with E-state index in [1.165, 1.54) is 11.9 Å². The Morgan fingerprint density at radius 3 is 2.62 bits per heavy atom. The van der Waals surface area contributed by atoms with E-state index in [4.69, 9.17) is 4.74 Å². The minimum atomic E-state index is -0.876. The summed E-state index contributed by atoms with van der Waals surface area (Å²) >= 11 is 0. The van der Waals surface area contributed by atoms with Crippen LogP contribution in [0.5, 0.6) is 0 Å². The van der Waals surface area contributed by atoms with Crippen molar-refractivity contribution >= 4 is 17.9 Å². The number of morpholine rings is 1. The molecule has 0 spiro atoms. The van der Waals surface area contributed by atoms with Crippen molar-refractivity contribution in [3.8, 4) is 0 Å². The molecule has 3 amide bonds. The fraction of sp³-hybridized carbons (Fsp3) is 0.769. The van der Waals surface area contributed by atoms with Crippen LogP contribution in [0.2, 0.25) is 0 Å². The summed E-state index contributed by atoms with van der Waals surface area (Å²) in [6.45, 7) is 0.922. The quantitative estimate of drug-likeness (QED) is 0.642. The van der Waals surface area contributed by atoms with Crippen LogP contribution in [0.25, 0.3) is 0 Å². The van der Waals surface area contributed by atoms with Gasteiger partial charge in [-0.25, -0.2) is 4.79 Å². The molecule has 1 saturated heterocycles. The van der Waals surface area contributed by atoms with Crippen LogP contribution < -0.4 is 10.6 Å². The third-order valence-electron chi connectivity index (χ3n) is 4.28. The number of aliphatic carboxylic acids is 1. The molecular weight excluding hydrogens is 278 g/mol. The van der Waals surface area contributed by atoms with E-state index >= 15 is 0 Å². The van der Waals surface area contributed by atoms with Gasteiger partial charge in [-0.15, -0.1) is 0 Å². The van der Waals surface area contributed by atoms with Gasteiger partial charge in [0, 0.05) is 20.1 Å². The highest BCUT2D eigenvalue weighted by Crippen LogP contribution is 2.40. The maximum absolute atomic E-state index is 12.2. The van der Waals surface area contributed by atoms with Gasteiger partial charge in [0.05, 0.1) is 18.6 Å². The van der Waals surface area contributed by atoms with Gasteiger partial charge in [-0.05, 0) is 12.8 Å². The number of ether oxygens (including phenoxy) is 1. The van der Waals surface area contributed by atoms with Crippen LogP contribution in [-0.4, -0.2) is 67.3 Å². The Bertz CT molecular complexity index is 436. The van der Waals surface area contributed by atoms with E-state index in [2.05, 4.69) is 10.6 Å². The number of hydrogen-bond donors (Lipinski definition) is 3. The van der Waals surface area contributed by atoms with Crippen LogP contribution in [0, 0.1) is 5.41 Å². The van der Waals surface area contributed by atoms with Crippen molar-refractivity contribution in [1.82, 2.24) is 15.5 Å². The number of carboxylic acid groups (broad SMARTS) is 1. The Balaban J connectivity index is 1.95. The molecule has 21 heavy (non-hydrogen) atoms. The number of carboxylic acids is 1. The summed E-state index contributed by atoms with van der Waals surface area (Å²) in [5.41, 5.74) is -0.843. The molecule has 1 atom stereocenters. The number of nitrogens with zero attached hydrogens (tertiary/aromatic N) is 1. The molecule has 3 N–H and O–H groups in total. The number of carbonyl (C=O) groups is 3. The molecule has 1 aliphatic carbocycles. The van der Waals surface area contributed by atoms with E-state index in [1.54, 1.807) is 0 Å². The van der Waals surface area contributed by atoms with Crippen molar-refractivity contribution in [2.45, 2.75) is 25.3 Å². The molecule has 8 heteroatoms. The highest BCUT2D eigenvalue weighted by atomic mass is 16.5. The molecular formula is C13H21N3O5. The normalized spacial score (nSPS) is 23.9. The summed E-state index contributed by atoms with van der Waals surface area (Å²) in [5, 5.41) is 14.4. The number of likely N-dealkylation sites (N-methyl/N-ethyl adjacent to an activating group) is 1. The zero-order valence-corrected chi connectivity index (χ0v) is 12.1. The molecule has 0 aromatic carbocycles. The summed E-state index contributed by atoms with van der Waals surface area (Å²) in [7, 11) is 1.50. The molecule has 0 bridgehead atoms. The molecule has 1 aliphatic heterocycles. The summed E-state index contributed by atoms with van der Waals surface area (Å²) in [6, 6.07) is -1.09. The Kier molecular flexibility index (Phi) is 4.66. The lowest BCUT2D eigenvalue weighted by Gasteiger charge is -2.39. The third-order valence-corrected chi connectivity index (χ3v) is 4.28. The van der Waals surface area contributed by atoms with E-state index in [0.29, 0.717) is 26.0 Å². The number of urea groups is 1. The number of carbonyl (C=O) groups excluding carboxylic acids is 2. The monoisotopic (exact) mass is 299 g/mol. The molecule has 1 unspecified atom stereocenters. The number of nitrogens with one attached hydrogen (secondary N) is 2. The smallest absolute Gasteiger partial charge is 0.318 e. The molecule has 118 valence electrons. The van der Waals surface area contributed by atoms with Gasteiger partial charge in [0.1, 0.15) is 6.04 Å². The number of hydrogen-bond acceptors (Lipinski definition) is 4. The highest BCUT2D eigenvalue weighted by Gasteiger charge is 2.45. The fourth-order valence-electron chi connectivity index (χ4n) is 2.65. The first-order valence-electron chi connectivity index (χ1n) is 7.07. The summed E-state index contributed by atoms with van der Waals surface area (Å²) in [6.07, 6.45) is 2.01. The zero-order valence-electron chi connectivity index (χ0n) is 12.1. The molecule has 2 aliphatic rings. The maximum Gasteiger partial charge on any atom is 0.318 e. The second kappa shape index (κ2) is 6.30. The SMILES string of the molecule is CNC(=O)C1COCCN1C(=O)NCC1(C(=O)O)CCC1. The van der Waals surface area contributed by atoms with Gasteiger partial charge in [-0.1, -0.05) is 6.42 Å². The van der Waals surface area contributed by atoms with Crippen molar-refractivity contribution in [3.05, 3.63) is 0 Å². The van der Waals surface area contributed by atoms with Gasteiger partial charge in [0.15, 0.2) is 0 Å². The molecule has 1 saturated carbocycles. The highest BCUT2D eigenvalue weighted by molar-refractivity contribution is 5.87. The summed E-state index contributed by atoms with van der Waals surface area (Å²) < 4.78 is 5.22. The average molecular weight is 299 g/mol. The van der Waals surface area contributed by atoms with E-state index < -0.39 is 23.5 Å². The lowest BCUT2D eigenvalue weighted by molar-refractivity contribution is -0.154. The first-order chi connectivity index (χ1) is 10.00. The Labute approximate surface area is 122 Å². The minimum absolute atomic E-state index is 0.0962. The predicted molar refractivity (Wildman–Crippen MR) is 72.7 cm³/mol. The van der Waals surface area contributed by atoms with Gasteiger partial charge in [-0.2, -0.15) is 0 Å². The molecule has 1 heterocycles. The van der Waals surface area contributed by atoms with Crippen molar-refractivity contribution in [2.24, 2.45) is 5.41 Å². The Hall–Kier alpha value is -1.83. The molecule has 8 nitrogen and oxygen atoms in total. The van der Waals surface area contributed by atoms with E-state index in [1.807, 2.05) is 0 Å². The minimum Gasteiger partial charge on any atom is -0.481 e. The second-order valence-corrected chi connectivity index (χ2v) is 5.50. The summed E-state index contributed by atoms with van der Waals surface area (Å²) in [5.74, 6) is -1.17. The van der Waals surface area contributed by atoms with Crippen LogP contribution in [0.1, 0.15) is 19.3 Å². The van der Waals surface area contributed by atoms with Crippen LogP contribution >= 0.6 is 0 Å². The van der Waals surface area contributed by atoms with E-state index in [9.17, 15) is 19.5 Å². The van der Waals surface area contributed by atoms with E-state index in [0.717, 1.165) is 6.42 Å². The van der Waals surface area contributed by atoms with Crippen molar-refractivity contribution in [3.63, 3.8) is 0 Å². The lowest BCUT2D eigenvalue weighted by atomic mass is 9.69. The Morgan fingerprint density at radius 1 is 1.38 bits per heavy atom. The standard InChI is InChI=1S/C13H21N3O5/c1-14-10(17)9-7-21-6-5-16(9)12(20)15-8-13(11(18)19)3-2-4-13/h9H,2-8H2,1H3,(H,14,17)(H,15,20)(H,18,19). The largest absolute Gasteiger partial charge is 0.481 e. The molecule has 0 radical (unpaired) electrons. The fourth-order valence-corrected chi connectivity index (χ4v) is 2.65. The van der Waals surface area contributed by atoms with Gasteiger partial charge in [0.2, 0.25) is 5.91 Å².